The summed E-state index contributed by atoms with van der Waals surface area (Å²) in [6, 6.07) is 14.9. The van der Waals surface area contributed by atoms with Crippen LogP contribution in [0, 0.1) is 0 Å². The summed E-state index contributed by atoms with van der Waals surface area (Å²) in [5.74, 6) is 0.176. The third-order valence-corrected chi connectivity index (χ3v) is 5.03. The minimum atomic E-state index is -0.118. The summed E-state index contributed by atoms with van der Waals surface area (Å²) >= 11 is 12.2. The van der Waals surface area contributed by atoms with E-state index in [1.807, 2.05) is 12.1 Å². The lowest BCUT2D eigenvalue weighted by Crippen LogP contribution is -2.36. The largest absolute Gasteiger partial charge is 0.333 e. The second kappa shape index (κ2) is 7.55. The minimum absolute atomic E-state index is 0.118. The van der Waals surface area contributed by atoms with Crippen molar-refractivity contribution in [2.45, 2.75) is 13.0 Å². The number of benzene rings is 2. The molecule has 0 radical (unpaired) electrons. The minimum Gasteiger partial charge on any atom is -0.333 e. The van der Waals surface area contributed by atoms with E-state index in [1.165, 1.54) is 11.1 Å². The number of carbonyl (C=O) groups is 1. The Hall–Kier alpha value is -2.63. The summed E-state index contributed by atoms with van der Waals surface area (Å²) in [5.41, 5.74) is 3.39. The van der Waals surface area contributed by atoms with Crippen LogP contribution in [-0.4, -0.2) is 27.3 Å². The molecule has 0 aliphatic carbocycles. The Labute approximate surface area is 167 Å². The molecule has 7 heteroatoms. The van der Waals surface area contributed by atoms with E-state index in [1.54, 1.807) is 35.4 Å². The van der Waals surface area contributed by atoms with Crippen molar-refractivity contribution in [3.05, 3.63) is 81.6 Å². The van der Waals surface area contributed by atoms with Crippen LogP contribution in [-0.2, 0) is 13.0 Å². The maximum atomic E-state index is 12.9. The molecule has 1 amide bonds. The Balaban J connectivity index is 1.54. The molecule has 5 nitrogen and oxygen atoms in total. The molecule has 0 bridgehead atoms. The first-order chi connectivity index (χ1) is 13.1. The second-order valence-electron chi connectivity index (χ2n) is 6.26. The van der Waals surface area contributed by atoms with Crippen LogP contribution in [0.1, 0.15) is 21.6 Å². The third kappa shape index (κ3) is 3.89. The van der Waals surface area contributed by atoms with E-state index < -0.39 is 0 Å². The normalized spacial score (nSPS) is 13.2. The highest BCUT2D eigenvalue weighted by Gasteiger charge is 2.22. The first-order valence-electron chi connectivity index (χ1n) is 8.51. The van der Waals surface area contributed by atoms with Crippen molar-refractivity contribution < 1.29 is 4.79 Å². The van der Waals surface area contributed by atoms with Gasteiger partial charge in [-0.2, -0.15) is 0 Å². The molecule has 1 N–H and O–H groups in total. The number of aromatic nitrogens is 2. The molecule has 1 aromatic heterocycles. The fraction of sp³-hybridized carbons (Fsp3) is 0.150. The number of amides is 1. The van der Waals surface area contributed by atoms with E-state index in [4.69, 9.17) is 23.2 Å². The van der Waals surface area contributed by atoms with Gasteiger partial charge in [-0.1, -0.05) is 47.5 Å². The quantitative estimate of drug-likeness (QED) is 0.692. The Morgan fingerprint density at radius 1 is 1.07 bits per heavy atom. The van der Waals surface area contributed by atoms with E-state index in [2.05, 4.69) is 27.4 Å². The molecule has 0 spiro atoms. The standard InChI is InChI=1S/C20H16Cl2N4O/c21-15-5-6-16(22)18(11-15)25-20-23-9-7-17(24-20)19(27)26-10-8-13-3-1-2-4-14(13)12-26/h1-7,9,11H,8,10,12H2,(H,23,24,25). The smallest absolute Gasteiger partial charge is 0.272 e. The van der Waals surface area contributed by atoms with Gasteiger partial charge in [0.2, 0.25) is 5.95 Å². The molecule has 0 unspecified atom stereocenters. The second-order valence-corrected chi connectivity index (χ2v) is 7.10. The van der Waals surface area contributed by atoms with Crippen LogP contribution < -0.4 is 5.32 Å². The molecule has 1 aliphatic heterocycles. The van der Waals surface area contributed by atoms with E-state index in [0.717, 1.165) is 6.42 Å². The highest BCUT2D eigenvalue weighted by atomic mass is 35.5. The highest BCUT2D eigenvalue weighted by molar-refractivity contribution is 6.35. The van der Waals surface area contributed by atoms with E-state index >= 15 is 0 Å². The lowest BCUT2D eigenvalue weighted by atomic mass is 10.00. The SMILES string of the molecule is O=C(c1ccnc(Nc2cc(Cl)ccc2Cl)n1)N1CCc2ccccc2C1. The fourth-order valence-electron chi connectivity index (χ4n) is 3.08. The van der Waals surface area contributed by atoms with Crippen molar-refractivity contribution in [3.8, 4) is 0 Å². The Morgan fingerprint density at radius 2 is 1.89 bits per heavy atom. The number of anilines is 2. The fourth-order valence-corrected chi connectivity index (χ4v) is 3.42. The van der Waals surface area contributed by atoms with Crippen LogP contribution in [0.4, 0.5) is 11.6 Å². The van der Waals surface area contributed by atoms with Gasteiger partial charge in [-0.15, -0.1) is 0 Å². The molecule has 3 aromatic rings. The van der Waals surface area contributed by atoms with E-state index in [0.29, 0.717) is 40.5 Å². The van der Waals surface area contributed by atoms with Gasteiger partial charge in [0.15, 0.2) is 0 Å². The number of carbonyl (C=O) groups excluding carboxylic acids is 1. The van der Waals surface area contributed by atoms with Gasteiger partial charge in [-0.3, -0.25) is 4.79 Å². The average molecular weight is 399 g/mol. The first kappa shape index (κ1) is 17.8. The van der Waals surface area contributed by atoms with Crippen molar-refractivity contribution in [3.63, 3.8) is 0 Å². The monoisotopic (exact) mass is 398 g/mol. The van der Waals surface area contributed by atoms with Gasteiger partial charge in [-0.05, 0) is 41.8 Å². The molecule has 4 rings (SSSR count). The van der Waals surface area contributed by atoms with Crippen LogP contribution in [0.15, 0.2) is 54.7 Å². The lowest BCUT2D eigenvalue weighted by Gasteiger charge is -2.28. The zero-order chi connectivity index (χ0) is 18.8. The molecule has 0 fully saturated rings. The van der Waals surface area contributed by atoms with Gasteiger partial charge in [0, 0.05) is 24.3 Å². The number of halogens is 2. The van der Waals surface area contributed by atoms with Crippen LogP contribution in [0.2, 0.25) is 10.0 Å². The predicted octanol–water partition coefficient (Wildman–Crippen LogP) is 4.73. The molecular weight excluding hydrogens is 383 g/mol. The summed E-state index contributed by atoms with van der Waals surface area (Å²) < 4.78 is 0. The number of nitrogens with zero attached hydrogens (tertiary/aromatic N) is 3. The number of nitrogens with one attached hydrogen (secondary N) is 1. The summed E-state index contributed by atoms with van der Waals surface area (Å²) in [4.78, 5) is 23.2. The summed E-state index contributed by atoms with van der Waals surface area (Å²) in [7, 11) is 0. The van der Waals surface area contributed by atoms with Crippen molar-refractivity contribution in [2.24, 2.45) is 0 Å². The average Bonchev–Trinajstić information content (AvgIpc) is 2.70. The van der Waals surface area contributed by atoms with E-state index in [-0.39, 0.29) is 5.91 Å². The molecule has 27 heavy (non-hydrogen) atoms. The number of fused-ring (bicyclic) bond motifs is 1. The van der Waals surface area contributed by atoms with Crippen LogP contribution in [0.3, 0.4) is 0 Å². The summed E-state index contributed by atoms with van der Waals surface area (Å²) in [6.07, 6.45) is 2.40. The van der Waals surface area contributed by atoms with Gasteiger partial charge in [0.05, 0.1) is 10.7 Å². The molecule has 2 aromatic carbocycles. The van der Waals surface area contributed by atoms with Crippen LogP contribution in [0.5, 0.6) is 0 Å². The zero-order valence-corrected chi connectivity index (χ0v) is 15.8. The topological polar surface area (TPSA) is 58.1 Å². The van der Waals surface area contributed by atoms with Crippen molar-refractivity contribution >= 4 is 40.7 Å². The van der Waals surface area contributed by atoms with Crippen molar-refractivity contribution in [2.75, 3.05) is 11.9 Å². The maximum absolute atomic E-state index is 12.9. The molecular formula is C20H16Cl2N4O. The first-order valence-corrected chi connectivity index (χ1v) is 9.27. The molecule has 2 heterocycles. The molecule has 0 saturated heterocycles. The Bertz CT molecular complexity index is 1010. The summed E-state index contributed by atoms with van der Waals surface area (Å²) in [6.45, 7) is 1.25. The summed E-state index contributed by atoms with van der Waals surface area (Å²) in [5, 5.41) is 4.05. The highest BCUT2D eigenvalue weighted by Crippen LogP contribution is 2.27. The van der Waals surface area contributed by atoms with Crippen molar-refractivity contribution in [1.29, 1.82) is 0 Å². The molecule has 0 atom stereocenters. The zero-order valence-electron chi connectivity index (χ0n) is 14.3. The number of hydrogen-bond donors (Lipinski definition) is 1. The van der Waals surface area contributed by atoms with Crippen molar-refractivity contribution in [1.82, 2.24) is 14.9 Å². The van der Waals surface area contributed by atoms with Crippen LogP contribution in [0.25, 0.3) is 0 Å². The number of hydrogen-bond acceptors (Lipinski definition) is 4. The third-order valence-electron chi connectivity index (χ3n) is 4.47. The van der Waals surface area contributed by atoms with Gasteiger partial charge < -0.3 is 10.2 Å². The van der Waals surface area contributed by atoms with E-state index in [9.17, 15) is 4.79 Å². The number of rotatable bonds is 3. The maximum Gasteiger partial charge on any atom is 0.272 e. The van der Waals surface area contributed by atoms with Gasteiger partial charge in [-0.25, -0.2) is 9.97 Å². The van der Waals surface area contributed by atoms with Gasteiger partial charge in [0.1, 0.15) is 5.69 Å². The van der Waals surface area contributed by atoms with Crippen LogP contribution >= 0.6 is 23.2 Å². The van der Waals surface area contributed by atoms with Gasteiger partial charge >= 0.3 is 0 Å². The molecule has 136 valence electrons. The Kier molecular flexibility index (Phi) is 4.97. The van der Waals surface area contributed by atoms with Gasteiger partial charge in [0.25, 0.3) is 5.91 Å². The Morgan fingerprint density at radius 3 is 2.74 bits per heavy atom. The predicted molar refractivity (Wildman–Crippen MR) is 107 cm³/mol. The molecule has 0 saturated carbocycles. The lowest BCUT2D eigenvalue weighted by molar-refractivity contribution is 0.0728. The molecule has 1 aliphatic rings.